The van der Waals surface area contributed by atoms with Gasteiger partial charge in [0.25, 0.3) is 0 Å². The van der Waals surface area contributed by atoms with E-state index < -0.39 is 5.97 Å². The summed E-state index contributed by atoms with van der Waals surface area (Å²) in [6.07, 6.45) is 0. The number of aromatic carboxylic acids is 1. The van der Waals surface area contributed by atoms with Gasteiger partial charge in [-0.2, -0.15) is 0 Å². The highest BCUT2D eigenvalue weighted by atomic mass is 79.9. The number of halogens is 1. The molecule has 0 aliphatic rings. The number of nitrogens with zero attached hydrogens (tertiary/aromatic N) is 1. The predicted octanol–water partition coefficient (Wildman–Crippen LogP) is 4.15. The van der Waals surface area contributed by atoms with E-state index in [9.17, 15) is 9.90 Å². The molecule has 2 aromatic carbocycles. The summed E-state index contributed by atoms with van der Waals surface area (Å²) >= 11 is 3.41. The molecule has 20 heavy (non-hydrogen) atoms. The number of hydrogen-bond donors (Lipinski definition) is 1. The van der Waals surface area contributed by atoms with Crippen LogP contribution in [0.3, 0.4) is 0 Å². The molecule has 1 heterocycles. The van der Waals surface area contributed by atoms with E-state index >= 15 is 0 Å². The zero-order chi connectivity index (χ0) is 14.1. The van der Waals surface area contributed by atoms with Crippen LogP contribution in [-0.2, 0) is 6.54 Å². The predicted molar refractivity (Wildman–Crippen MR) is 82.1 cm³/mol. The number of carbonyl (C=O) groups is 1. The van der Waals surface area contributed by atoms with Crippen molar-refractivity contribution in [3.8, 4) is 0 Å². The maximum absolute atomic E-state index is 11.6. The van der Waals surface area contributed by atoms with E-state index in [0.29, 0.717) is 11.0 Å². The Hall–Kier alpha value is -2.07. The molecule has 0 bridgehead atoms. The Morgan fingerprint density at radius 3 is 2.40 bits per heavy atom. The Balaban J connectivity index is 2.22. The highest BCUT2D eigenvalue weighted by molar-refractivity contribution is 9.10. The molecule has 0 saturated carbocycles. The highest BCUT2D eigenvalue weighted by Crippen LogP contribution is 2.31. The van der Waals surface area contributed by atoms with Gasteiger partial charge in [-0.25, -0.2) is 4.79 Å². The molecule has 0 aliphatic heterocycles. The number of hydrogen-bond acceptors (Lipinski definition) is 1. The smallest absolute Gasteiger partial charge is 0.353 e. The number of rotatable bonds is 3. The van der Waals surface area contributed by atoms with E-state index in [2.05, 4.69) is 15.9 Å². The zero-order valence-corrected chi connectivity index (χ0v) is 12.2. The number of fused-ring (bicyclic) bond motifs is 1. The second kappa shape index (κ2) is 5.13. The van der Waals surface area contributed by atoms with Crippen molar-refractivity contribution in [2.75, 3.05) is 0 Å². The van der Waals surface area contributed by atoms with Crippen molar-refractivity contribution in [1.82, 2.24) is 4.57 Å². The third kappa shape index (κ3) is 2.12. The fourth-order valence-corrected chi connectivity index (χ4v) is 3.12. The van der Waals surface area contributed by atoms with Gasteiger partial charge < -0.3 is 9.67 Å². The minimum atomic E-state index is -0.927. The summed E-state index contributed by atoms with van der Waals surface area (Å²) in [5.74, 6) is -0.927. The Labute approximate surface area is 124 Å². The topological polar surface area (TPSA) is 42.2 Å². The molecular formula is C16H12BrNO2. The largest absolute Gasteiger partial charge is 0.477 e. The van der Waals surface area contributed by atoms with Crippen LogP contribution in [0.5, 0.6) is 0 Å². The fourth-order valence-electron chi connectivity index (χ4n) is 2.40. The van der Waals surface area contributed by atoms with Gasteiger partial charge in [-0.05, 0) is 27.6 Å². The van der Waals surface area contributed by atoms with E-state index in [1.54, 1.807) is 0 Å². The van der Waals surface area contributed by atoms with Crippen molar-refractivity contribution in [1.29, 1.82) is 0 Å². The van der Waals surface area contributed by atoms with Crippen molar-refractivity contribution >= 4 is 32.8 Å². The van der Waals surface area contributed by atoms with Gasteiger partial charge in [-0.3, -0.25) is 0 Å². The monoisotopic (exact) mass is 329 g/mol. The summed E-state index contributed by atoms with van der Waals surface area (Å²) in [6, 6.07) is 17.5. The molecule has 3 nitrogen and oxygen atoms in total. The molecule has 4 heteroatoms. The Morgan fingerprint density at radius 2 is 1.70 bits per heavy atom. The highest BCUT2D eigenvalue weighted by Gasteiger charge is 2.20. The molecule has 0 unspecified atom stereocenters. The molecule has 1 aromatic heterocycles. The van der Waals surface area contributed by atoms with Gasteiger partial charge in [0.05, 0.1) is 9.99 Å². The van der Waals surface area contributed by atoms with Crippen LogP contribution in [0.15, 0.2) is 59.1 Å². The van der Waals surface area contributed by atoms with Gasteiger partial charge in [0.1, 0.15) is 5.69 Å². The Bertz CT molecular complexity index is 778. The van der Waals surface area contributed by atoms with Crippen LogP contribution in [0.1, 0.15) is 16.1 Å². The minimum Gasteiger partial charge on any atom is -0.477 e. The van der Waals surface area contributed by atoms with Crippen molar-refractivity contribution in [3.63, 3.8) is 0 Å². The lowest BCUT2D eigenvalue weighted by molar-refractivity contribution is 0.0685. The number of benzene rings is 2. The third-order valence-corrected chi connectivity index (χ3v) is 4.10. The standard InChI is InChI=1S/C16H12BrNO2/c17-14-12-8-4-5-9-13(12)18(15(14)16(19)20)10-11-6-2-1-3-7-11/h1-9H,10H2,(H,19,20). The van der Waals surface area contributed by atoms with Gasteiger partial charge in [0, 0.05) is 11.9 Å². The lowest BCUT2D eigenvalue weighted by Crippen LogP contribution is -2.09. The van der Waals surface area contributed by atoms with Gasteiger partial charge in [-0.1, -0.05) is 48.5 Å². The first-order chi connectivity index (χ1) is 9.68. The quantitative estimate of drug-likeness (QED) is 0.784. The molecule has 0 aliphatic carbocycles. The molecule has 0 amide bonds. The molecular weight excluding hydrogens is 318 g/mol. The molecule has 0 atom stereocenters. The van der Waals surface area contributed by atoms with Crippen molar-refractivity contribution in [2.24, 2.45) is 0 Å². The van der Waals surface area contributed by atoms with Crippen LogP contribution in [-0.4, -0.2) is 15.6 Å². The summed E-state index contributed by atoms with van der Waals surface area (Å²) < 4.78 is 2.47. The van der Waals surface area contributed by atoms with Crippen molar-refractivity contribution < 1.29 is 9.90 Å². The average Bonchev–Trinajstić information content (AvgIpc) is 2.74. The molecule has 0 spiro atoms. The van der Waals surface area contributed by atoms with Crippen molar-refractivity contribution in [2.45, 2.75) is 6.54 Å². The molecule has 3 rings (SSSR count). The number of para-hydroxylation sites is 1. The lowest BCUT2D eigenvalue weighted by atomic mass is 10.2. The van der Waals surface area contributed by atoms with Crippen LogP contribution >= 0.6 is 15.9 Å². The van der Waals surface area contributed by atoms with E-state index in [-0.39, 0.29) is 5.69 Å². The van der Waals surface area contributed by atoms with Crippen LogP contribution in [0, 0.1) is 0 Å². The maximum atomic E-state index is 11.6. The Morgan fingerprint density at radius 1 is 1.05 bits per heavy atom. The molecule has 0 radical (unpaired) electrons. The third-order valence-electron chi connectivity index (χ3n) is 3.30. The van der Waals surface area contributed by atoms with Crippen molar-refractivity contribution in [3.05, 3.63) is 70.3 Å². The number of aromatic nitrogens is 1. The van der Waals surface area contributed by atoms with E-state index in [4.69, 9.17) is 0 Å². The maximum Gasteiger partial charge on any atom is 0.353 e. The Kier molecular flexibility index (Phi) is 3.32. The summed E-state index contributed by atoms with van der Waals surface area (Å²) in [7, 11) is 0. The molecule has 1 N–H and O–H groups in total. The first-order valence-electron chi connectivity index (χ1n) is 6.22. The normalized spacial score (nSPS) is 10.8. The number of carboxylic acids is 1. The first-order valence-corrected chi connectivity index (χ1v) is 7.01. The molecule has 100 valence electrons. The minimum absolute atomic E-state index is 0.287. The van der Waals surface area contributed by atoms with Crippen LogP contribution in [0.4, 0.5) is 0 Å². The summed E-state index contributed by atoms with van der Waals surface area (Å²) in [5, 5.41) is 10.4. The summed E-state index contributed by atoms with van der Waals surface area (Å²) in [4.78, 5) is 11.6. The van der Waals surface area contributed by atoms with E-state index in [1.165, 1.54) is 0 Å². The second-order valence-electron chi connectivity index (χ2n) is 4.56. The van der Waals surface area contributed by atoms with Crippen LogP contribution in [0.2, 0.25) is 0 Å². The molecule has 0 saturated heterocycles. The van der Waals surface area contributed by atoms with Gasteiger partial charge >= 0.3 is 5.97 Å². The number of carboxylic acid groups (broad SMARTS) is 1. The SMILES string of the molecule is O=C(O)c1c(Br)c2ccccc2n1Cc1ccccc1. The van der Waals surface area contributed by atoms with Crippen LogP contribution < -0.4 is 0 Å². The van der Waals surface area contributed by atoms with Crippen LogP contribution in [0.25, 0.3) is 10.9 Å². The average molecular weight is 330 g/mol. The van der Waals surface area contributed by atoms with E-state index in [1.807, 2.05) is 59.2 Å². The lowest BCUT2D eigenvalue weighted by Gasteiger charge is -2.08. The van der Waals surface area contributed by atoms with Gasteiger partial charge in [-0.15, -0.1) is 0 Å². The summed E-state index contributed by atoms with van der Waals surface area (Å²) in [5.41, 5.74) is 2.28. The first kappa shape index (κ1) is 12.9. The molecule has 0 fully saturated rings. The van der Waals surface area contributed by atoms with Gasteiger partial charge in [0.2, 0.25) is 0 Å². The zero-order valence-electron chi connectivity index (χ0n) is 10.6. The van der Waals surface area contributed by atoms with Gasteiger partial charge in [0.15, 0.2) is 0 Å². The van der Waals surface area contributed by atoms with E-state index in [0.717, 1.165) is 16.5 Å². The summed E-state index contributed by atoms with van der Waals surface area (Å²) in [6.45, 7) is 0.536. The molecule has 3 aromatic rings. The fraction of sp³-hybridized carbons (Fsp3) is 0.0625. The second-order valence-corrected chi connectivity index (χ2v) is 5.35.